The standard InChI is InChI=1S/C51H70F3N6O8P/c1-5-9-10-11-12-13-14-15-16-17-18-19-20-21-25-28-45(61)66-43-33-44(60-36-56-46-47(55)57-50(54)58-48(46)60)67-51(43,8-4)35-65-69(63,68-41-26-23-22-24-27-41)59-42(49(62)64-34-37(6-2)7-3)31-38-29-39(52)32-40(53)30-38/h4,22-24,26-27,29-30,32,36-37,42-44H,5-7,9-21,25,28,31,33-35H2,1-3H3,(H,59,63)(H2,55,57,58)/t42?,43-,44+,51+,69-/m0/s1. The van der Waals surface area contributed by atoms with Crippen LogP contribution in [0.1, 0.15) is 155 Å². The highest BCUT2D eigenvalue weighted by Gasteiger charge is 2.53. The summed E-state index contributed by atoms with van der Waals surface area (Å²) >= 11 is 0. The van der Waals surface area contributed by atoms with Gasteiger partial charge in [-0.2, -0.15) is 19.4 Å². The Labute approximate surface area is 405 Å². The fourth-order valence-corrected chi connectivity index (χ4v) is 9.90. The predicted octanol–water partition coefficient (Wildman–Crippen LogP) is 11.7. The molecule has 5 atom stereocenters. The number of fused-ring (bicyclic) bond motifs is 1. The van der Waals surface area contributed by atoms with Gasteiger partial charge in [0.05, 0.1) is 12.9 Å². The van der Waals surface area contributed by atoms with Crippen LogP contribution in [0.3, 0.4) is 0 Å². The van der Waals surface area contributed by atoms with Crippen molar-refractivity contribution in [3.8, 4) is 18.1 Å². The summed E-state index contributed by atoms with van der Waals surface area (Å²) in [6.45, 7) is 5.40. The summed E-state index contributed by atoms with van der Waals surface area (Å²) in [5.41, 5.74) is 4.09. The molecule has 0 radical (unpaired) electrons. The number of aromatic nitrogens is 4. The van der Waals surface area contributed by atoms with E-state index in [1.165, 1.54) is 87.2 Å². The number of halogens is 3. The molecule has 1 saturated heterocycles. The van der Waals surface area contributed by atoms with Crippen LogP contribution in [0.5, 0.6) is 5.75 Å². The van der Waals surface area contributed by atoms with Crippen molar-refractivity contribution in [3.05, 3.63) is 78.1 Å². The molecule has 1 aliphatic rings. The van der Waals surface area contributed by atoms with Crippen LogP contribution in [0.25, 0.3) is 11.2 Å². The summed E-state index contributed by atoms with van der Waals surface area (Å²) in [5.74, 6) is -0.807. The Balaban J connectivity index is 1.32. The summed E-state index contributed by atoms with van der Waals surface area (Å²) < 4.78 is 90.1. The highest BCUT2D eigenvalue weighted by molar-refractivity contribution is 7.52. The van der Waals surface area contributed by atoms with Crippen LogP contribution in [0.2, 0.25) is 0 Å². The van der Waals surface area contributed by atoms with E-state index in [-0.39, 0.29) is 53.7 Å². The van der Waals surface area contributed by atoms with Crippen LogP contribution >= 0.6 is 7.75 Å². The van der Waals surface area contributed by atoms with E-state index >= 15 is 4.57 Å². The molecule has 1 aliphatic heterocycles. The fourth-order valence-electron chi connectivity index (χ4n) is 8.38. The largest absolute Gasteiger partial charge is 0.464 e. The fraction of sp³-hybridized carbons (Fsp3) is 0.588. The van der Waals surface area contributed by atoms with Crippen molar-refractivity contribution in [2.24, 2.45) is 5.92 Å². The van der Waals surface area contributed by atoms with E-state index in [9.17, 15) is 22.8 Å². The number of anilines is 1. The van der Waals surface area contributed by atoms with Crippen molar-refractivity contribution in [2.75, 3.05) is 18.9 Å². The van der Waals surface area contributed by atoms with E-state index in [4.69, 9.17) is 35.4 Å². The van der Waals surface area contributed by atoms with Gasteiger partial charge in [0, 0.05) is 18.9 Å². The minimum absolute atomic E-state index is 0.0126. The number of rotatable bonds is 32. The normalized spacial score (nSPS) is 18.2. The number of carbonyl (C=O) groups excluding carboxylic acids is 2. The molecule has 69 heavy (non-hydrogen) atoms. The molecule has 378 valence electrons. The summed E-state index contributed by atoms with van der Waals surface area (Å²) in [6, 6.07) is 9.17. The van der Waals surface area contributed by atoms with Crippen molar-refractivity contribution < 1.29 is 50.6 Å². The van der Waals surface area contributed by atoms with Gasteiger partial charge in [-0.3, -0.25) is 18.7 Å². The molecule has 18 heteroatoms. The monoisotopic (exact) mass is 982 g/mol. The van der Waals surface area contributed by atoms with E-state index in [1.807, 2.05) is 13.8 Å². The van der Waals surface area contributed by atoms with Gasteiger partial charge in [-0.1, -0.05) is 148 Å². The van der Waals surface area contributed by atoms with Crippen LogP contribution in [0, 0.1) is 36.0 Å². The lowest BCUT2D eigenvalue weighted by molar-refractivity contribution is -0.158. The van der Waals surface area contributed by atoms with Crippen molar-refractivity contribution in [1.29, 1.82) is 0 Å². The van der Waals surface area contributed by atoms with Crippen molar-refractivity contribution in [3.63, 3.8) is 0 Å². The lowest BCUT2D eigenvalue weighted by atomic mass is 9.98. The van der Waals surface area contributed by atoms with Gasteiger partial charge in [0.2, 0.25) is 0 Å². The van der Waals surface area contributed by atoms with E-state index in [0.29, 0.717) is 25.3 Å². The zero-order valence-corrected chi connectivity index (χ0v) is 41.2. The Morgan fingerprint density at radius 1 is 0.913 bits per heavy atom. The second-order valence-electron chi connectivity index (χ2n) is 17.9. The van der Waals surface area contributed by atoms with Crippen LogP contribution in [-0.4, -0.2) is 62.4 Å². The number of benzene rings is 2. The van der Waals surface area contributed by atoms with Crippen molar-refractivity contribution >= 4 is 36.7 Å². The van der Waals surface area contributed by atoms with Crippen LogP contribution in [0.4, 0.5) is 19.0 Å². The maximum atomic E-state index is 15.1. The predicted molar refractivity (Wildman–Crippen MR) is 258 cm³/mol. The lowest BCUT2D eigenvalue weighted by Gasteiger charge is -2.31. The molecule has 3 heterocycles. The number of para-hydroxylation sites is 1. The maximum absolute atomic E-state index is 15.1. The van der Waals surface area contributed by atoms with E-state index in [0.717, 1.165) is 37.8 Å². The smallest absolute Gasteiger partial charge is 0.459 e. The number of hydrogen-bond acceptors (Lipinski definition) is 12. The highest BCUT2D eigenvalue weighted by Crippen LogP contribution is 2.49. The number of ether oxygens (including phenoxy) is 3. The first-order valence-corrected chi connectivity index (χ1v) is 26.2. The Morgan fingerprint density at radius 3 is 2.12 bits per heavy atom. The molecule has 5 rings (SSSR count). The third-order valence-electron chi connectivity index (χ3n) is 12.5. The average Bonchev–Trinajstić information content (AvgIpc) is 3.91. The zero-order valence-electron chi connectivity index (χ0n) is 40.4. The topological polar surface area (TPSA) is 179 Å². The molecule has 0 saturated carbocycles. The Hall–Kier alpha value is -5.01. The molecule has 3 N–H and O–H groups in total. The molecule has 0 aliphatic carbocycles. The number of nitrogens with two attached hydrogens (primary N) is 1. The number of nitrogens with zero attached hydrogens (tertiary/aromatic N) is 4. The summed E-state index contributed by atoms with van der Waals surface area (Å²) in [5, 5.41) is 2.67. The Bertz CT molecular complexity index is 2290. The van der Waals surface area contributed by atoms with Gasteiger partial charge in [-0.25, -0.2) is 18.3 Å². The van der Waals surface area contributed by atoms with Gasteiger partial charge >= 0.3 is 25.8 Å². The second-order valence-corrected chi connectivity index (χ2v) is 19.6. The number of imidazole rings is 1. The van der Waals surface area contributed by atoms with Gasteiger partial charge in [-0.05, 0) is 48.6 Å². The Morgan fingerprint density at radius 2 is 1.52 bits per heavy atom. The number of hydrogen-bond donors (Lipinski definition) is 2. The lowest BCUT2D eigenvalue weighted by Crippen LogP contribution is -2.46. The molecule has 0 bridgehead atoms. The van der Waals surface area contributed by atoms with Gasteiger partial charge in [0.1, 0.15) is 42.4 Å². The first-order chi connectivity index (χ1) is 33.3. The number of esters is 2. The van der Waals surface area contributed by atoms with E-state index in [2.05, 4.69) is 32.9 Å². The zero-order chi connectivity index (χ0) is 49.7. The summed E-state index contributed by atoms with van der Waals surface area (Å²) in [4.78, 5) is 39.1. The van der Waals surface area contributed by atoms with Crippen LogP contribution < -0.4 is 15.3 Å². The quantitative estimate of drug-likeness (QED) is 0.0155. The second kappa shape index (κ2) is 28.0. The van der Waals surface area contributed by atoms with Crippen molar-refractivity contribution in [1.82, 2.24) is 24.6 Å². The van der Waals surface area contributed by atoms with Gasteiger partial charge < -0.3 is 24.5 Å². The van der Waals surface area contributed by atoms with Crippen LogP contribution in [-0.2, 0) is 39.3 Å². The van der Waals surface area contributed by atoms with E-state index in [1.54, 1.807) is 18.2 Å². The highest BCUT2D eigenvalue weighted by atomic mass is 31.2. The first kappa shape index (κ1) is 54.9. The summed E-state index contributed by atoms with van der Waals surface area (Å²) in [6.07, 6.45) is 22.6. The third-order valence-corrected chi connectivity index (χ3v) is 14.1. The number of nitrogens with one attached hydrogen (secondary N) is 1. The third kappa shape index (κ3) is 17.1. The number of terminal acetylenes is 1. The maximum Gasteiger partial charge on any atom is 0.459 e. The summed E-state index contributed by atoms with van der Waals surface area (Å²) in [7, 11) is -4.78. The molecule has 14 nitrogen and oxygen atoms in total. The Kier molecular flexibility index (Phi) is 22.3. The molecule has 0 amide bonds. The SMILES string of the molecule is C#C[C@]1(CO[P@@](=O)(NC(Cc2cc(F)cc(F)c2)C(=O)OCC(CC)CC)Oc2ccccc2)O[C@@H](n2cnc3c(N)nc(F)nc32)C[C@@H]1OC(=O)CCCCCCCCCCCCCCCCC. The average molecular weight is 983 g/mol. The van der Waals surface area contributed by atoms with Crippen molar-refractivity contribution in [2.45, 2.75) is 173 Å². The minimum atomic E-state index is -4.78. The van der Waals surface area contributed by atoms with Gasteiger partial charge in [-0.15, -0.1) is 6.42 Å². The molecule has 1 fully saturated rings. The molecule has 4 aromatic rings. The van der Waals surface area contributed by atoms with E-state index < -0.39 is 74.4 Å². The van der Waals surface area contributed by atoms with Gasteiger partial charge in [0.15, 0.2) is 22.6 Å². The molecular formula is C51H70F3N6O8P. The minimum Gasteiger partial charge on any atom is -0.464 e. The molecular weight excluding hydrogens is 913 g/mol. The first-order valence-electron chi connectivity index (χ1n) is 24.7. The number of unbranched alkanes of at least 4 members (excludes halogenated alkanes) is 14. The molecule has 2 aromatic carbocycles. The molecule has 0 spiro atoms. The number of nitrogen functional groups attached to an aromatic ring is 1. The molecule has 2 aromatic heterocycles. The van der Waals surface area contributed by atoms with Gasteiger partial charge in [0.25, 0.3) is 0 Å². The number of carbonyl (C=O) groups is 2. The van der Waals surface area contributed by atoms with Crippen LogP contribution in [0.15, 0.2) is 54.9 Å². The molecule has 1 unspecified atom stereocenters.